The standard InChI is InChI=1S/C16H14F2N4O2S/c1-22-10-13(9-20-22)12-2-11(6-19-8-12)7-21-25(23,24)16-4-14(17)3-15(18)5-16/h2-6,8-10,21H,7H2,1H3. The third-order valence-corrected chi connectivity index (χ3v) is 4.83. The number of rotatable bonds is 5. The average Bonchev–Trinajstić information content (AvgIpc) is 2.99. The lowest BCUT2D eigenvalue weighted by molar-refractivity contribution is 0.561. The Hall–Kier alpha value is -2.65. The fourth-order valence-electron chi connectivity index (χ4n) is 2.26. The van der Waals surface area contributed by atoms with E-state index in [2.05, 4.69) is 14.8 Å². The molecule has 9 heteroatoms. The molecule has 0 aliphatic carbocycles. The summed E-state index contributed by atoms with van der Waals surface area (Å²) < 4.78 is 54.8. The number of halogens is 2. The van der Waals surface area contributed by atoms with E-state index in [1.165, 1.54) is 6.20 Å². The van der Waals surface area contributed by atoms with Crippen molar-refractivity contribution < 1.29 is 17.2 Å². The van der Waals surface area contributed by atoms with Gasteiger partial charge in [0.2, 0.25) is 10.0 Å². The summed E-state index contributed by atoms with van der Waals surface area (Å²) in [6, 6.07) is 3.89. The van der Waals surface area contributed by atoms with Gasteiger partial charge in [0.15, 0.2) is 0 Å². The van der Waals surface area contributed by atoms with Gasteiger partial charge in [0.05, 0.1) is 11.1 Å². The molecular weight excluding hydrogens is 350 g/mol. The normalized spacial score (nSPS) is 11.6. The Balaban J connectivity index is 1.79. The van der Waals surface area contributed by atoms with Crippen molar-refractivity contribution in [3.05, 3.63) is 66.3 Å². The molecule has 2 aromatic heterocycles. The second kappa shape index (κ2) is 6.69. The summed E-state index contributed by atoms with van der Waals surface area (Å²) in [5.74, 6) is -1.92. The molecule has 1 aromatic carbocycles. The molecule has 0 aliphatic rings. The van der Waals surface area contributed by atoms with Crippen LogP contribution in [0.5, 0.6) is 0 Å². The molecule has 0 bridgehead atoms. The molecule has 0 aliphatic heterocycles. The first-order chi connectivity index (χ1) is 11.8. The van der Waals surface area contributed by atoms with Crippen molar-refractivity contribution in [3.63, 3.8) is 0 Å². The van der Waals surface area contributed by atoms with Crippen molar-refractivity contribution in [2.75, 3.05) is 0 Å². The summed E-state index contributed by atoms with van der Waals surface area (Å²) in [4.78, 5) is 3.61. The Kier molecular flexibility index (Phi) is 4.60. The van der Waals surface area contributed by atoms with Gasteiger partial charge in [-0.15, -0.1) is 0 Å². The van der Waals surface area contributed by atoms with Crippen molar-refractivity contribution in [2.24, 2.45) is 7.05 Å². The minimum atomic E-state index is -4.05. The van der Waals surface area contributed by atoms with Gasteiger partial charge in [0, 0.05) is 49.4 Å². The average molecular weight is 364 g/mol. The molecule has 0 fully saturated rings. The Labute approximate surface area is 143 Å². The highest BCUT2D eigenvalue weighted by Crippen LogP contribution is 2.19. The van der Waals surface area contributed by atoms with Gasteiger partial charge >= 0.3 is 0 Å². The van der Waals surface area contributed by atoms with Crippen LogP contribution in [0, 0.1) is 11.6 Å². The number of pyridine rings is 1. The first-order valence-electron chi connectivity index (χ1n) is 7.22. The largest absolute Gasteiger partial charge is 0.275 e. The molecule has 25 heavy (non-hydrogen) atoms. The van der Waals surface area contributed by atoms with E-state index in [1.54, 1.807) is 36.4 Å². The summed E-state index contributed by atoms with van der Waals surface area (Å²) in [6.07, 6.45) is 6.62. The van der Waals surface area contributed by atoms with Crippen LogP contribution in [0.4, 0.5) is 8.78 Å². The second-order valence-electron chi connectivity index (χ2n) is 5.41. The second-order valence-corrected chi connectivity index (χ2v) is 7.18. The van der Waals surface area contributed by atoms with Crippen molar-refractivity contribution >= 4 is 10.0 Å². The molecule has 0 unspecified atom stereocenters. The van der Waals surface area contributed by atoms with Crippen LogP contribution in [0.25, 0.3) is 11.1 Å². The van der Waals surface area contributed by atoms with Gasteiger partial charge in [-0.1, -0.05) is 0 Å². The number of hydrogen-bond donors (Lipinski definition) is 1. The maximum Gasteiger partial charge on any atom is 0.241 e. The van der Waals surface area contributed by atoms with Gasteiger partial charge in [-0.25, -0.2) is 21.9 Å². The lowest BCUT2D eigenvalue weighted by Crippen LogP contribution is -2.23. The van der Waals surface area contributed by atoms with Gasteiger partial charge in [0.25, 0.3) is 0 Å². The van der Waals surface area contributed by atoms with Gasteiger partial charge in [0.1, 0.15) is 11.6 Å². The van der Waals surface area contributed by atoms with E-state index >= 15 is 0 Å². The monoisotopic (exact) mass is 364 g/mol. The van der Waals surface area contributed by atoms with E-state index in [9.17, 15) is 17.2 Å². The number of benzene rings is 1. The molecule has 0 spiro atoms. The predicted octanol–water partition coefficient (Wildman–Crippen LogP) is 2.24. The Morgan fingerprint density at radius 1 is 1.04 bits per heavy atom. The molecule has 130 valence electrons. The fraction of sp³-hybridized carbons (Fsp3) is 0.125. The fourth-order valence-corrected chi connectivity index (χ4v) is 3.32. The lowest BCUT2D eigenvalue weighted by Gasteiger charge is -2.08. The van der Waals surface area contributed by atoms with Crippen LogP contribution in [0.1, 0.15) is 5.56 Å². The van der Waals surface area contributed by atoms with E-state index < -0.39 is 26.6 Å². The molecule has 0 radical (unpaired) electrons. The highest BCUT2D eigenvalue weighted by molar-refractivity contribution is 7.89. The van der Waals surface area contributed by atoms with Gasteiger partial charge in [-0.05, 0) is 23.8 Å². The Bertz CT molecular complexity index is 998. The minimum Gasteiger partial charge on any atom is -0.275 e. The van der Waals surface area contributed by atoms with Crippen LogP contribution >= 0.6 is 0 Å². The number of nitrogens with one attached hydrogen (secondary N) is 1. The van der Waals surface area contributed by atoms with Crippen LogP contribution in [-0.4, -0.2) is 23.2 Å². The zero-order valence-electron chi connectivity index (χ0n) is 13.1. The van der Waals surface area contributed by atoms with Crippen molar-refractivity contribution in [2.45, 2.75) is 11.4 Å². The van der Waals surface area contributed by atoms with Gasteiger partial charge in [-0.2, -0.15) is 5.10 Å². The van der Waals surface area contributed by atoms with Crippen molar-refractivity contribution in [1.29, 1.82) is 0 Å². The van der Waals surface area contributed by atoms with E-state index in [4.69, 9.17) is 0 Å². The number of aryl methyl sites for hydroxylation is 1. The maximum atomic E-state index is 13.2. The third kappa shape index (κ3) is 4.06. The van der Waals surface area contributed by atoms with E-state index in [0.717, 1.165) is 23.3 Å². The first kappa shape index (κ1) is 17.2. The quantitative estimate of drug-likeness (QED) is 0.753. The van der Waals surface area contributed by atoms with Crippen LogP contribution in [0.3, 0.4) is 0 Å². The SMILES string of the molecule is Cn1cc(-c2cncc(CNS(=O)(=O)c3cc(F)cc(F)c3)c2)cn1. The molecule has 0 atom stereocenters. The molecule has 0 saturated carbocycles. The number of aromatic nitrogens is 3. The van der Waals surface area contributed by atoms with E-state index in [-0.39, 0.29) is 6.54 Å². The smallest absolute Gasteiger partial charge is 0.241 e. The molecule has 3 rings (SSSR count). The highest BCUT2D eigenvalue weighted by atomic mass is 32.2. The zero-order valence-corrected chi connectivity index (χ0v) is 14.0. The van der Waals surface area contributed by atoms with E-state index in [0.29, 0.717) is 11.6 Å². The third-order valence-electron chi connectivity index (χ3n) is 3.45. The topological polar surface area (TPSA) is 76.9 Å². The molecule has 0 amide bonds. The highest BCUT2D eigenvalue weighted by Gasteiger charge is 2.16. The van der Waals surface area contributed by atoms with Crippen LogP contribution in [0.15, 0.2) is 53.9 Å². The van der Waals surface area contributed by atoms with Crippen LogP contribution in [0.2, 0.25) is 0 Å². The van der Waals surface area contributed by atoms with Crippen LogP contribution in [-0.2, 0) is 23.6 Å². The van der Waals surface area contributed by atoms with Crippen molar-refractivity contribution in [1.82, 2.24) is 19.5 Å². The van der Waals surface area contributed by atoms with Crippen molar-refractivity contribution in [3.8, 4) is 11.1 Å². The predicted molar refractivity (Wildman–Crippen MR) is 86.8 cm³/mol. The van der Waals surface area contributed by atoms with Gasteiger partial charge < -0.3 is 0 Å². The lowest BCUT2D eigenvalue weighted by atomic mass is 10.1. The Morgan fingerprint density at radius 2 is 1.76 bits per heavy atom. The summed E-state index contributed by atoms with van der Waals surface area (Å²) in [5.41, 5.74) is 2.22. The zero-order chi connectivity index (χ0) is 18.0. The van der Waals surface area contributed by atoms with E-state index in [1.807, 2.05) is 0 Å². The van der Waals surface area contributed by atoms with Crippen LogP contribution < -0.4 is 4.72 Å². The summed E-state index contributed by atoms with van der Waals surface area (Å²) in [7, 11) is -2.27. The first-order valence-corrected chi connectivity index (χ1v) is 8.70. The summed E-state index contributed by atoms with van der Waals surface area (Å²) in [5, 5.41) is 4.07. The minimum absolute atomic E-state index is 0.0679. The number of sulfonamides is 1. The molecule has 0 saturated heterocycles. The molecule has 3 aromatic rings. The molecule has 6 nitrogen and oxygen atoms in total. The summed E-state index contributed by atoms with van der Waals surface area (Å²) >= 11 is 0. The molecule has 2 heterocycles. The summed E-state index contributed by atoms with van der Waals surface area (Å²) in [6.45, 7) is -0.0679. The Morgan fingerprint density at radius 3 is 2.40 bits per heavy atom. The maximum absolute atomic E-state index is 13.2. The molecular formula is C16H14F2N4O2S. The van der Waals surface area contributed by atoms with Gasteiger partial charge in [-0.3, -0.25) is 9.67 Å². The number of nitrogens with zero attached hydrogens (tertiary/aromatic N) is 3. The number of hydrogen-bond acceptors (Lipinski definition) is 4. The molecule has 1 N–H and O–H groups in total.